The lowest BCUT2D eigenvalue weighted by Crippen LogP contribution is -2.41. The number of aliphatic imine (C=N–C) groups is 1. The van der Waals surface area contributed by atoms with Crippen molar-refractivity contribution in [3.05, 3.63) is 35.4 Å². The van der Waals surface area contributed by atoms with Crippen molar-refractivity contribution in [1.82, 2.24) is 15.5 Å². The van der Waals surface area contributed by atoms with Gasteiger partial charge in [-0.1, -0.05) is 38.1 Å². The lowest BCUT2D eigenvalue weighted by Gasteiger charge is -2.26. The number of nitrogens with zero attached hydrogens (tertiary/aromatic N) is 2. The molecule has 5 nitrogen and oxygen atoms in total. The highest BCUT2D eigenvalue weighted by atomic mass is 16.5. The fourth-order valence-electron chi connectivity index (χ4n) is 3.05. The van der Waals surface area contributed by atoms with Crippen molar-refractivity contribution >= 4 is 5.96 Å². The van der Waals surface area contributed by atoms with Gasteiger partial charge in [0.1, 0.15) is 0 Å². The first kappa shape index (κ1) is 20.7. The molecule has 1 aliphatic heterocycles. The summed E-state index contributed by atoms with van der Waals surface area (Å²) in [4.78, 5) is 6.79. The highest BCUT2D eigenvalue weighted by Gasteiger charge is 2.10. The molecule has 146 valence electrons. The Hall–Kier alpha value is -1.59. The van der Waals surface area contributed by atoms with Crippen LogP contribution in [-0.4, -0.2) is 50.3 Å². The van der Waals surface area contributed by atoms with E-state index in [1.807, 2.05) is 7.05 Å². The molecular formula is C21H36N4O. The molecule has 5 heteroatoms. The van der Waals surface area contributed by atoms with Crippen LogP contribution in [0, 0.1) is 5.92 Å². The van der Waals surface area contributed by atoms with E-state index in [1.165, 1.54) is 17.5 Å². The van der Waals surface area contributed by atoms with E-state index < -0.39 is 0 Å². The third kappa shape index (κ3) is 7.75. The van der Waals surface area contributed by atoms with Crippen molar-refractivity contribution < 1.29 is 4.74 Å². The topological polar surface area (TPSA) is 48.9 Å². The summed E-state index contributed by atoms with van der Waals surface area (Å²) in [5.74, 6) is 1.61. The number of guanidine groups is 1. The van der Waals surface area contributed by atoms with Gasteiger partial charge in [-0.3, -0.25) is 9.89 Å². The first-order valence-corrected chi connectivity index (χ1v) is 9.92. The fraction of sp³-hybridized carbons (Fsp3) is 0.667. The van der Waals surface area contributed by atoms with E-state index in [0.29, 0.717) is 6.04 Å². The number of benzene rings is 1. The predicted octanol–water partition coefficient (Wildman–Crippen LogP) is 3.01. The molecule has 0 aromatic heterocycles. The van der Waals surface area contributed by atoms with Crippen LogP contribution in [0.2, 0.25) is 0 Å². The van der Waals surface area contributed by atoms with Gasteiger partial charge in [-0.15, -0.1) is 0 Å². The standard InChI is InChI=1S/C21H36N4O/c1-17(2)5-6-18(3)24-21(22-4)23-15-19-7-9-20(10-8-19)16-25-11-13-26-14-12-25/h7-10,17-18H,5-6,11-16H2,1-4H3,(H2,22,23,24). The molecule has 2 N–H and O–H groups in total. The van der Waals surface area contributed by atoms with E-state index in [1.54, 1.807) is 0 Å². The minimum absolute atomic E-state index is 0.430. The molecule has 0 aliphatic carbocycles. The predicted molar refractivity (Wildman–Crippen MR) is 109 cm³/mol. The van der Waals surface area contributed by atoms with E-state index in [-0.39, 0.29) is 0 Å². The van der Waals surface area contributed by atoms with Crippen LogP contribution in [0.15, 0.2) is 29.3 Å². The summed E-state index contributed by atoms with van der Waals surface area (Å²) in [7, 11) is 1.83. The Kier molecular flexibility index (Phi) is 8.92. The second kappa shape index (κ2) is 11.2. The molecule has 0 bridgehead atoms. The maximum absolute atomic E-state index is 5.41. The van der Waals surface area contributed by atoms with Crippen LogP contribution in [-0.2, 0) is 17.8 Å². The van der Waals surface area contributed by atoms with Gasteiger partial charge in [0, 0.05) is 39.3 Å². The van der Waals surface area contributed by atoms with Crippen LogP contribution >= 0.6 is 0 Å². The van der Waals surface area contributed by atoms with Gasteiger partial charge in [0.15, 0.2) is 5.96 Å². The number of rotatable bonds is 8. The van der Waals surface area contributed by atoms with Gasteiger partial charge in [0.25, 0.3) is 0 Å². The van der Waals surface area contributed by atoms with Crippen molar-refractivity contribution in [3.63, 3.8) is 0 Å². The number of hydrogen-bond acceptors (Lipinski definition) is 3. The molecule has 0 saturated carbocycles. The molecule has 0 amide bonds. The van der Waals surface area contributed by atoms with Crippen molar-refractivity contribution in [2.75, 3.05) is 33.4 Å². The van der Waals surface area contributed by atoms with Crippen LogP contribution in [0.3, 0.4) is 0 Å². The number of nitrogens with one attached hydrogen (secondary N) is 2. The SMILES string of the molecule is CN=C(NCc1ccc(CN2CCOCC2)cc1)NC(C)CCC(C)C. The Balaban J connectivity index is 1.75. The lowest BCUT2D eigenvalue weighted by atomic mass is 10.0. The zero-order chi connectivity index (χ0) is 18.8. The molecule has 2 rings (SSSR count). The molecule has 1 aliphatic rings. The van der Waals surface area contributed by atoms with E-state index in [0.717, 1.165) is 57.7 Å². The van der Waals surface area contributed by atoms with E-state index >= 15 is 0 Å². The molecule has 1 fully saturated rings. The maximum Gasteiger partial charge on any atom is 0.191 e. The lowest BCUT2D eigenvalue weighted by molar-refractivity contribution is 0.0342. The fourth-order valence-corrected chi connectivity index (χ4v) is 3.05. The van der Waals surface area contributed by atoms with Crippen LogP contribution in [0.25, 0.3) is 0 Å². The zero-order valence-corrected chi connectivity index (χ0v) is 16.9. The Labute approximate surface area is 159 Å². The summed E-state index contributed by atoms with van der Waals surface area (Å²) in [5.41, 5.74) is 2.63. The Morgan fingerprint density at radius 3 is 2.35 bits per heavy atom. The van der Waals surface area contributed by atoms with Crippen LogP contribution in [0.1, 0.15) is 44.7 Å². The van der Waals surface area contributed by atoms with Crippen molar-refractivity contribution in [3.8, 4) is 0 Å². The van der Waals surface area contributed by atoms with Crippen LogP contribution in [0.4, 0.5) is 0 Å². The first-order chi connectivity index (χ1) is 12.6. The summed E-state index contributed by atoms with van der Waals surface area (Å²) in [6.45, 7) is 12.3. The normalized spacial score (nSPS) is 17.3. The highest BCUT2D eigenvalue weighted by Crippen LogP contribution is 2.09. The second-order valence-corrected chi connectivity index (χ2v) is 7.65. The van der Waals surface area contributed by atoms with E-state index in [4.69, 9.17) is 4.74 Å². The minimum Gasteiger partial charge on any atom is -0.379 e. The van der Waals surface area contributed by atoms with Gasteiger partial charge in [0.2, 0.25) is 0 Å². The average Bonchev–Trinajstić information content (AvgIpc) is 2.65. The van der Waals surface area contributed by atoms with Gasteiger partial charge >= 0.3 is 0 Å². The molecule has 26 heavy (non-hydrogen) atoms. The Morgan fingerprint density at radius 2 is 1.73 bits per heavy atom. The van der Waals surface area contributed by atoms with Gasteiger partial charge in [-0.05, 0) is 36.8 Å². The summed E-state index contributed by atoms with van der Waals surface area (Å²) < 4.78 is 5.41. The third-order valence-electron chi connectivity index (χ3n) is 4.78. The van der Waals surface area contributed by atoms with Crippen LogP contribution < -0.4 is 10.6 Å². The number of morpholine rings is 1. The first-order valence-electron chi connectivity index (χ1n) is 9.92. The molecule has 1 aromatic rings. The minimum atomic E-state index is 0.430. The molecule has 1 saturated heterocycles. The molecule has 1 unspecified atom stereocenters. The van der Waals surface area contributed by atoms with Gasteiger partial charge < -0.3 is 15.4 Å². The zero-order valence-electron chi connectivity index (χ0n) is 16.9. The maximum atomic E-state index is 5.41. The molecule has 0 spiro atoms. The largest absolute Gasteiger partial charge is 0.379 e. The molecule has 1 atom stereocenters. The van der Waals surface area contributed by atoms with E-state index in [2.05, 4.69) is 65.6 Å². The molecule has 1 aromatic carbocycles. The molecule has 1 heterocycles. The van der Waals surface area contributed by atoms with E-state index in [9.17, 15) is 0 Å². The van der Waals surface area contributed by atoms with Gasteiger partial charge in [-0.2, -0.15) is 0 Å². The summed E-state index contributed by atoms with van der Waals surface area (Å²) in [5, 5.41) is 6.90. The summed E-state index contributed by atoms with van der Waals surface area (Å²) in [6, 6.07) is 9.30. The monoisotopic (exact) mass is 360 g/mol. The summed E-state index contributed by atoms with van der Waals surface area (Å²) >= 11 is 0. The smallest absolute Gasteiger partial charge is 0.191 e. The second-order valence-electron chi connectivity index (χ2n) is 7.65. The quantitative estimate of drug-likeness (QED) is 0.553. The summed E-state index contributed by atoms with van der Waals surface area (Å²) in [6.07, 6.45) is 2.39. The molecule has 0 radical (unpaired) electrons. The average molecular weight is 361 g/mol. The molecular weight excluding hydrogens is 324 g/mol. The number of hydrogen-bond donors (Lipinski definition) is 2. The van der Waals surface area contributed by atoms with Crippen molar-refractivity contribution in [1.29, 1.82) is 0 Å². The van der Waals surface area contributed by atoms with Gasteiger partial charge in [0.05, 0.1) is 13.2 Å². The van der Waals surface area contributed by atoms with Crippen molar-refractivity contribution in [2.24, 2.45) is 10.9 Å². The Morgan fingerprint density at radius 1 is 1.08 bits per heavy atom. The van der Waals surface area contributed by atoms with Gasteiger partial charge in [-0.25, -0.2) is 0 Å². The van der Waals surface area contributed by atoms with Crippen molar-refractivity contribution in [2.45, 2.75) is 52.7 Å². The Bertz CT molecular complexity index is 535. The highest BCUT2D eigenvalue weighted by molar-refractivity contribution is 5.79. The third-order valence-corrected chi connectivity index (χ3v) is 4.78. The number of ether oxygens (including phenoxy) is 1. The van der Waals surface area contributed by atoms with Crippen LogP contribution in [0.5, 0.6) is 0 Å².